The van der Waals surface area contributed by atoms with Gasteiger partial charge in [0.1, 0.15) is 17.7 Å². The third-order valence-electron chi connectivity index (χ3n) is 2.83. The second-order valence-corrected chi connectivity index (χ2v) is 5.22. The van der Waals surface area contributed by atoms with E-state index in [1.54, 1.807) is 13.0 Å². The molecule has 24 heavy (non-hydrogen) atoms. The highest BCUT2D eigenvalue weighted by atomic mass is 35.5. The van der Waals surface area contributed by atoms with Gasteiger partial charge in [0.2, 0.25) is 0 Å². The molecule has 6 N–H and O–H groups in total. The number of aromatic nitrogens is 2. The van der Waals surface area contributed by atoms with Crippen LogP contribution in [0.2, 0.25) is 10.0 Å². The Morgan fingerprint density at radius 2 is 1.50 bits per heavy atom. The summed E-state index contributed by atoms with van der Waals surface area (Å²) in [6.07, 6.45) is 0. The van der Waals surface area contributed by atoms with Crippen LogP contribution in [0, 0.1) is 25.2 Å². The van der Waals surface area contributed by atoms with Crippen molar-refractivity contribution in [2.45, 2.75) is 27.8 Å². The van der Waals surface area contributed by atoms with E-state index in [0.29, 0.717) is 33.7 Å². The van der Waals surface area contributed by atoms with Gasteiger partial charge in [0, 0.05) is 12.2 Å². The summed E-state index contributed by atoms with van der Waals surface area (Å²) >= 11 is 11.3. The number of hydrogen-bond donors (Lipinski definition) is 3. The van der Waals surface area contributed by atoms with Crippen LogP contribution in [0.1, 0.15) is 29.9 Å². The van der Waals surface area contributed by atoms with Crippen molar-refractivity contribution in [1.29, 1.82) is 5.26 Å². The molecule has 0 fully saturated rings. The predicted molar refractivity (Wildman–Crippen MR) is 103 cm³/mol. The summed E-state index contributed by atoms with van der Waals surface area (Å²) in [5.41, 5.74) is 19.1. The van der Waals surface area contributed by atoms with Gasteiger partial charge < -0.3 is 17.2 Å². The zero-order chi connectivity index (χ0) is 16.9. The molecule has 2 heterocycles. The van der Waals surface area contributed by atoms with Crippen LogP contribution < -0.4 is 17.2 Å². The Hall–Kier alpha value is -1.78. The second-order valence-electron chi connectivity index (χ2n) is 4.40. The van der Waals surface area contributed by atoms with Crippen molar-refractivity contribution in [1.82, 2.24) is 9.97 Å². The van der Waals surface area contributed by atoms with E-state index >= 15 is 0 Å². The molecule has 0 saturated heterocycles. The molecule has 0 aliphatic heterocycles. The minimum Gasteiger partial charge on any atom is -0.382 e. The maximum Gasteiger partial charge on any atom is 0.142 e. The lowest BCUT2D eigenvalue weighted by Gasteiger charge is -2.03. The van der Waals surface area contributed by atoms with Crippen molar-refractivity contribution >= 4 is 47.2 Å². The molecule has 0 aromatic carbocycles. The molecule has 0 amide bonds. The molecule has 0 unspecified atom stereocenters. The molecule has 0 aliphatic carbocycles. The summed E-state index contributed by atoms with van der Waals surface area (Å²) in [4.78, 5) is 7.88. The number of nitrogen functional groups attached to an aromatic ring is 2. The Morgan fingerprint density at radius 3 is 1.96 bits per heavy atom. The first kappa shape index (κ1) is 24.5. The number of nitrogens with zero attached hydrogens (tertiary/aromatic N) is 3. The number of halogens is 3. The molecule has 9 heteroatoms. The summed E-state index contributed by atoms with van der Waals surface area (Å²) in [6.45, 7) is 4.01. The fourth-order valence-electron chi connectivity index (χ4n) is 1.56. The summed E-state index contributed by atoms with van der Waals surface area (Å²) in [7, 11) is 0. The average molecular weight is 392 g/mol. The number of pyridine rings is 2. The molecule has 0 atom stereocenters. The van der Waals surface area contributed by atoms with Crippen molar-refractivity contribution < 1.29 is 0 Å². The Kier molecular flexibility index (Phi) is 11.1. The number of nitrogens with two attached hydrogens (primary N) is 3. The molecule has 0 aliphatic rings. The minimum atomic E-state index is 0. The molecular formula is C15H21Cl3N6. The van der Waals surface area contributed by atoms with Gasteiger partial charge in [-0.2, -0.15) is 5.26 Å². The highest BCUT2D eigenvalue weighted by Crippen LogP contribution is 2.19. The van der Waals surface area contributed by atoms with Gasteiger partial charge in [-0.3, -0.25) is 0 Å². The molecule has 132 valence electrons. The van der Waals surface area contributed by atoms with E-state index in [0.717, 1.165) is 11.3 Å². The fourth-order valence-corrected chi connectivity index (χ4v) is 1.88. The lowest BCUT2D eigenvalue weighted by molar-refractivity contribution is 1.01. The van der Waals surface area contributed by atoms with Gasteiger partial charge in [-0.25, -0.2) is 9.97 Å². The first-order chi connectivity index (χ1) is 10.3. The molecule has 0 bridgehead atoms. The van der Waals surface area contributed by atoms with Gasteiger partial charge >= 0.3 is 0 Å². The van der Waals surface area contributed by atoms with Crippen molar-refractivity contribution in [3.63, 3.8) is 0 Å². The van der Waals surface area contributed by atoms with Gasteiger partial charge in [0.15, 0.2) is 0 Å². The Labute approximate surface area is 158 Å². The Balaban J connectivity index is 0. The fraction of sp³-hybridized carbons (Fsp3) is 0.267. The largest absolute Gasteiger partial charge is 0.382 e. The summed E-state index contributed by atoms with van der Waals surface area (Å²) < 4.78 is 0. The van der Waals surface area contributed by atoms with E-state index < -0.39 is 0 Å². The second kappa shape index (κ2) is 10.9. The number of hydrogen-bond acceptors (Lipinski definition) is 6. The minimum absolute atomic E-state index is 0. The van der Waals surface area contributed by atoms with Crippen LogP contribution in [0.15, 0.2) is 12.1 Å². The molecule has 0 radical (unpaired) electrons. The monoisotopic (exact) mass is 390 g/mol. The highest BCUT2D eigenvalue weighted by molar-refractivity contribution is 6.33. The lowest BCUT2D eigenvalue weighted by Crippen LogP contribution is -2.03. The van der Waals surface area contributed by atoms with Gasteiger partial charge in [-0.1, -0.05) is 30.6 Å². The molecule has 2 rings (SSSR count). The zero-order valence-corrected chi connectivity index (χ0v) is 14.9. The van der Waals surface area contributed by atoms with Crippen LogP contribution in [0.5, 0.6) is 0 Å². The van der Waals surface area contributed by atoms with Gasteiger partial charge in [-0.15, -0.1) is 12.4 Å². The average Bonchev–Trinajstić information content (AvgIpc) is 2.47. The molecular weight excluding hydrogens is 371 g/mol. The van der Waals surface area contributed by atoms with Crippen LogP contribution >= 0.6 is 35.6 Å². The molecule has 2 aromatic rings. The van der Waals surface area contributed by atoms with E-state index in [1.807, 2.05) is 13.0 Å². The van der Waals surface area contributed by atoms with E-state index in [4.69, 9.17) is 45.7 Å². The highest BCUT2D eigenvalue weighted by Gasteiger charge is 2.03. The molecule has 0 saturated carbocycles. The van der Waals surface area contributed by atoms with Crippen LogP contribution in [-0.4, -0.2) is 9.97 Å². The first-order valence-corrected chi connectivity index (χ1v) is 7.00. The number of aryl methyl sites for hydroxylation is 2. The van der Waals surface area contributed by atoms with Crippen molar-refractivity contribution in [2.24, 2.45) is 5.73 Å². The van der Waals surface area contributed by atoms with E-state index in [-0.39, 0.29) is 25.7 Å². The number of rotatable bonds is 1. The maximum absolute atomic E-state index is 8.54. The molecule has 0 spiro atoms. The van der Waals surface area contributed by atoms with Crippen LogP contribution in [0.3, 0.4) is 0 Å². The third-order valence-corrected chi connectivity index (χ3v) is 3.44. The van der Waals surface area contributed by atoms with E-state index in [2.05, 4.69) is 9.97 Å². The standard InChI is InChI=1S/C7H10ClN3.C7H6ClN3.CH4.ClH/c2*1-4-5(3-9)2-6(8)7(10)11-4;;/h2H,3,9H2,1H3,(H2,10,11);2H,1H3,(H2,10,11);1H4;1H. The van der Waals surface area contributed by atoms with Gasteiger partial charge in [-0.05, 0) is 31.5 Å². The van der Waals surface area contributed by atoms with Crippen molar-refractivity contribution in [2.75, 3.05) is 11.5 Å². The SMILES string of the molecule is C.Cc1nc(N)c(Cl)cc1C#N.Cc1nc(N)c(Cl)cc1CN.Cl. The first-order valence-electron chi connectivity index (χ1n) is 6.24. The Morgan fingerprint density at radius 1 is 1.04 bits per heavy atom. The van der Waals surface area contributed by atoms with Gasteiger partial charge in [0.05, 0.1) is 21.3 Å². The molecule has 6 nitrogen and oxygen atoms in total. The van der Waals surface area contributed by atoms with Crippen LogP contribution in [0.4, 0.5) is 11.6 Å². The quantitative estimate of drug-likeness (QED) is 0.680. The van der Waals surface area contributed by atoms with E-state index in [9.17, 15) is 0 Å². The van der Waals surface area contributed by atoms with Crippen molar-refractivity contribution in [3.8, 4) is 6.07 Å². The summed E-state index contributed by atoms with van der Waals surface area (Å²) in [5.74, 6) is 0.629. The number of nitriles is 1. The van der Waals surface area contributed by atoms with Crippen LogP contribution in [-0.2, 0) is 6.54 Å². The van der Waals surface area contributed by atoms with Crippen LogP contribution in [0.25, 0.3) is 0 Å². The number of anilines is 2. The lowest BCUT2D eigenvalue weighted by atomic mass is 10.2. The maximum atomic E-state index is 8.54. The smallest absolute Gasteiger partial charge is 0.142 e. The van der Waals surface area contributed by atoms with E-state index in [1.165, 1.54) is 6.07 Å². The van der Waals surface area contributed by atoms with Gasteiger partial charge in [0.25, 0.3) is 0 Å². The third kappa shape index (κ3) is 6.38. The topological polar surface area (TPSA) is 128 Å². The molecule has 2 aromatic heterocycles. The van der Waals surface area contributed by atoms with Crippen molar-refractivity contribution in [3.05, 3.63) is 44.7 Å². The summed E-state index contributed by atoms with van der Waals surface area (Å²) in [6, 6.07) is 5.22. The normalized spacial score (nSPS) is 8.83. The zero-order valence-electron chi connectivity index (χ0n) is 12.6. The summed E-state index contributed by atoms with van der Waals surface area (Å²) in [5, 5.41) is 9.34. The predicted octanol–water partition coefficient (Wildman–Crippen LogP) is 3.64. The Bertz CT molecular complexity index is 719.